The van der Waals surface area contributed by atoms with Gasteiger partial charge in [-0.3, -0.25) is 13.9 Å². The summed E-state index contributed by atoms with van der Waals surface area (Å²) in [5, 5.41) is 4.56. The van der Waals surface area contributed by atoms with Crippen molar-refractivity contribution < 1.29 is 18.0 Å². The molecular weight excluding hydrogens is 554 g/mol. The molecule has 1 aliphatic heterocycles. The normalized spacial score (nSPS) is 15.4. The number of sulfonamides is 1. The van der Waals surface area contributed by atoms with Crippen molar-refractivity contribution in [2.75, 3.05) is 10.8 Å². The van der Waals surface area contributed by atoms with Gasteiger partial charge in [-0.2, -0.15) is 0 Å². The second-order valence-corrected chi connectivity index (χ2v) is 12.2. The molecule has 2 atom stereocenters. The lowest BCUT2D eigenvalue weighted by Crippen LogP contribution is -2.49. The van der Waals surface area contributed by atoms with Crippen LogP contribution < -0.4 is 9.62 Å². The first kappa shape index (κ1) is 27.1. The summed E-state index contributed by atoms with van der Waals surface area (Å²) < 4.78 is 28.8. The SMILES string of the molecule is CC[C@@H](C)NC(=O)[C@@H](C)N(Cc1ccc(Br)cc1)C(=O)CCCN1c2cccc3cccc(c23)S1(=O)=O. The third kappa shape index (κ3) is 5.67. The Hall–Kier alpha value is -2.91. The Balaban J connectivity index is 1.49. The van der Waals surface area contributed by atoms with Crippen LogP contribution in [0.4, 0.5) is 5.69 Å². The maximum atomic E-state index is 13.4. The molecule has 0 unspecified atom stereocenters. The Morgan fingerprint density at radius 1 is 1.03 bits per heavy atom. The van der Waals surface area contributed by atoms with E-state index in [2.05, 4.69) is 21.2 Å². The molecule has 7 nitrogen and oxygen atoms in total. The van der Waals surface area contributed by atoms with Crippen LogP contribution in [0.2, 0.25) is 0 Å². The molecule has 0 radical (unpaired) electrons. The summed E-state index contributed by atoms with van der Waals surface area (Å²) in [6.45, 7) is 6.12. The zero-order valence-corrected chi connectivity index (χ0v) is 23.7. The quantitative estimate of drug-likeness (QED) is 0.353. The highest BCUT2D eigenvalue weighted by molar-refractivity contribution is 9.10. The van der Waals surface area contributed by atoms with Crippen molar-refractivity contribution in [3.8, 4) is 0 Å². The van der Waals surface area contributed by atoms with E-state index in [4.69, 9.17) is 0 Å². The Bertz CT molecular complexity index is 1400. The predicted octanol–water partition coefficient (Wildman–Crippen LogP) is 5.22. The molecule has 0 saturated carbocycles. The summed E-state index contributed by atoms with van der Waals surface area (Å²) in [5.41, 5.74) is 1.55. The number of halogens is 1. The highest BCUT2D eigenvalue weighted by Crippen LogP contribution is 2.42. The maximum absolute atomic E-state index is 13.4. The van der Waals surface area contributed by atoms with Crippen molar-refractivity contribution in [1.29, 1.82) is 0 Å². The zero-order valence-electron chi connectivity index (χ0n) is 21.3. The van der Waals surface area contributed by atoms with Crippen LogP contribution in [0.1, 0.15) is 45.6 Å². The molecule has 4 rings (SSSR count). The third-order valence-corrected chi connectivity index (χ3v) is 9.25. The van der Waals surface area contributed by atoms with Crippen molar-refractivity contribution in [2.24, 2.45) is 0 Å². The molecule has 0 bridgehead atoms. The van der Waals surface area contributed by atoms with Crippen molar-refractivity contribution in [2.45, 2.75) is 63.6 Å². The molecule has 196 valence electrons. The standard InChI is InChI=1S/C28H32BrN3O4S/c1-4-19(2)30-28(34)20(3)31(18-21-13-15-23(29)16-14-21)26(33)12-7-17-32-24-10-5-8-22-9-6-11-25(27(22)24)37(32,35)36/h5-6,8-11,13-16,19-20H,4,7,12,17-18H2,1-3H3,(H,30,34)/t19-,20-/m1/s1. The van der Waals surface area contributed by atoms with Gasteiger partial charge in [0, 0.05) is 35.4 Å². The molecule has 1 aliphatic rings. The Morgan fingerprint density at radius 3 is 2.38 bits per heavy atom. The van der Waals surface area contributed by atoms with Gasteiger partial charge >= 0.3 is 0 Å². The van der Waals surface area contributed by atoms with Crippen molar-refractivity contribution in [1.82, 2.24) is 10.2 Å². The summed E-state index contributed by atoms with van der Waals surface area (Å²) in [4.78, 5) is 28.2. The number of carbonyl (C=O) groups is 2. The first-order valence-electron chi connectivity index (χ1n) is 12.5. The minimum Gasteiger partial charge on any atom is -0.352 e. The van der Waals surface area contributed by atoms with Gasteiger partial charge in [0.15, 0.2) is 0 Å². The fourth-order valence-corrected chi connectivity index (χ4v) is 6.56. The van der Waals surface area contributed by atoms with E-state index in [1.165, 1.54) is 4.31 Å². The number of amides is 2. The molecule has 1 heterocycles. The fraction of sp³-hybridized carbons (Fsp3) is 0.357. The molecule has 3 aromatic carbocycles. The van der Waals surface area contributed by atoms with Gasteiger partial charge in [-0.1, -0.05) is 59.3 Å². The highest BCUT2D eigenvalue weighted by Gasteiger charge is 2.35. The van der Waals surface area contributed by atoms with E-state index in [9.17, 15) is 18.0 Å². The average Bonchev–Trinajstić information content (AvgIpc) is 3.10. The summed E-state index contributed by atoms with van der Waals surface area (Å²) in [7, 11) is -3.68. The Kier molecular flexibility index (Phi) is 8.23. The lowest BCUT2D eigenvalue weighted by Gasteiger charge is -2.30. The number of hydrogen-bond donors (Lipinski definition) is 1. The van der Waals surface area contributed by atoms with Crippen molar-refractivity contribution in [3.05, 3.63) is 70.7 Å². The molecule has 0 aromatic heterocycles. The van der Waals surface area contributed by atoms with Gasteiger partial charge in [0.05, 0.1) is 10.6 Å². The number of anilines is 1. The summed E-state index contributed by atoms with van der Waals surface area (Å²) in [6.07, 6.45) is 1.24. The first-order chi connectivity index (χ1) is 17.6. The van der Waals surface area contributed by atoms with E-state index in [0.717, 1.165) is 27.2 Å². The number of benzene rings is 3. The Labute approximate surface area is 227 Å². The summed E-state index contributed by atoms with van der Waals surface area (Å²) in [5.74, 6) is -0.397. The zero-order chi connectivity index (χ0) is 26.7. The monoisotopic (exact) mass is 585 g/mol. The van der Waals surface area contributed by atoms with Gasteiger partial charge in [0.2, 0.25) is 11.8 Å². The Morgan fingerprint density at radius 2 is 1.70 bits per heavy atom. The second kappa shape index (κ2) is 11.2. The summed E-state index contributed by atoms with van der Waals surface area (Å²) in [6, 6.07) is 17.8. The van der Waals surface area contributed by atoms with E-state index in [1.54, 1.807) is 30.0 Å². The van der Waals surface area contributed by atoms with Gasteiger partial charge in [0.25, 0.3) is 10.0 Å². The smallest absolute Gasteiger partial charge is 0.265 e. The van der Waals surface area contributed by atoms with Crippen LogP contribution in [0.25, 0.3) is 10.8 Å². The maximum Gasteiger partial charge on any atom is 0.265 e. The second-order valence-electron chi connectivity index (χ2n) is 9.45. The van der Waals surface area contributed by atoms with E-state index in [0.29, 0.717) is 17.0 Å². The van der Waals surface area contributed by atoms with Crippen LogP contribution in [0.5, 0.6) is 0 Å². The van der Waals surface area contributed by atoms with Crippen LogP contribution >= 0.6 is 15.9 Å². The van der Waals surface area contributed by atoms with E-state index >= 15 is 0 Å². The molecule has 0 spiro atoms. The molecule has 37 heavy (non-hydrogen) atoms. The van der Waals surface area contributed by atoms with Crippen molar-refractivity contribution >= 4 is 54.2 Å². The van der Waals surface area contributed by atoms with Gasteiger partial charge in [-0.05, 0) is 61.9 Å². The molecule has 9 heteroatoms. The van der Waals surface area contributed by atoms with Gasteiger partial charge in [0.1, 0.15) is 6.04 Å². The number of hydrogen-bond acceptors (Lipinski definition) is 4. The first-order valence-corrected chi connectivity index (χ1v) is 14.8. The van der Waals surface area contributed by atoms with Crippen LogP contribution in [0.3, 0.4) is 0 Å². The third-order valence-electron chi connectivity index (χ3n) is 6.87. The lowest BCUT2D eigenvalue weighted by atomic mass is 10.1. The van der Waals surface area contributed by atoms with Crippen LogP contribution in [0, 0.1) is 0 Å². The van der Waals surface area contributed by atoms with Crippen LogP contribution in [-0.4, -0.2) is 43.8 Å². The topological polar surface area (TPSA) is 86.8 Å². The molecule has 0 saturated heterocycles. The molecular formula is C28H32BrN3O4S. The molecule has 1 N–H and O–H groups in total. The predicted molar refractivity (Wildman–Crippen MR) is 150 cm³/mol. The van der Waals surface area contributed by atoms with Crippen molar-refractivity contribution in [3.63, 3.8) is 0 Å². The van der Waals surface area contributed by atoms with E-state index in [1.807, 2.05) is 56.3 Å². The van der Waals surface area contributed by atoms with Gasteiger partial charge in [-0.25, -0.2) is 8.42 Å². The summed E-state index contributed by atoms with van der Waals surface area (Å²) >= 11 is 3.43. The number of rotatable bonds is 10. The van der Waals surface area contributed by atoms with E-state index in [-0.39, 0.29) is 37.4 Å². The van der Waals surface area contributed by atoms with Crippen LogP contribution in [0.15, 0.2) is 70.0 Å². The molecule has 3 aromatic rings. The fourth-order valence-electron chi connectivity index (χ4n) is 4.55. The van der Waals surface area contributed by atoms with Gasteiger partial charge in [-0.15, -0.1) is 0 Å². The van der Waals surface area contributed by atoms with Crippen LogP contribution in [-0.2, 0) is 26.2 Å². The minimum atomic E-state index is -3.68. The average molecular weight is 587 g/mol. The number of nitrogens with one attached hydrogen (secondary N) is 1. The number of carbonyl (C=O) groups excluding carboxylic acids is 2. The molecule has 0 aliphatic carbocycles. The minimum absolute atomic E-state index is 0.00398. The van der Waals surface area contributed by atoms with Gasteiger partial charge < -0.3 is 10.2 Å². The largest absolute Gasteiger partial charge is 0.352 e. The van der Waals surface area contributed by atoms with E-state index < -0.39 is 16.1 Å². The molecule has 2 amide bonds. The molecule has 0 fully saturated rings. The highest BCUT2D eigenvalue weighted by atomic mass is 79.9. The lowest BCUT2D eigenvalue weighted by molar-refractivity contribution is -0.140. The number of nitrogens with zero attached hydrogens (tertiary/aromatic N) is 2.